The lowest BCUT2D eigenvalue weighted by atomic mass is 10.1. The van der Waals surface area contributed by atoms with E-state index >= 15 is 0 Å². The SMILES string of the molecule is CCCC(C)NC(=O)c1snnc1-c1cccc(OC)c1. The van der Waals surface area contributed by atoms with E-state index in [1.54, 1.807) is 7.11 Å². The molecule has 2 rings (SSSR count). The lowest BCUT2D eigenvalue weighted by Gasteiger charge is -2.12. The molecule has 1 unspecified atom stereocenters. The minimum absolute atomic E-state index is 0.122. The number of rotatable bonds is 6. The van der Waals surface area contributed by atoms with Crippen LogP contribution in [0.5, 0.6) is 5.75 Å². The topological polar surface area (TPSA) is 64.1 Å². The van der Waals surface area contributed by atoms with Gasteiger partial charge in [-0.15, -0.1) is 5.10 Å². The molecule has 2 aromatic rings. The number of nitrogens with one attached hydrogen (secondary N) is 1. The Bertz CT molecular complexity index is 612. The van der Waals surface area contributed by atoms with Crippen LogP contribution in [0.15, 0.2) is 24.3 Å². The molecular formula is C15H19N3O2S. The van der Waals surface area contributed by atoms with E-state index in [1.165, 1.54) is 0 Å². The van der Waals surface area contributed by atoms with E-state index < -0.39 is 0 Å². The average molecular weight is 305 g/mol. The van der Waals surface area contributed by atoms with Crippen molar-refractivity contribution in [3.63, 3.8) is 0 Å². The first-order valence-electron chi connectivity index (χ1n) is 6.93. The molecule has 112 valence electrons. The third kappa shape index (κ3) is 3.78. The van der Waals surface area contributed by atoms with Gasteiger partial charge in [-0.1, -0.05) is 30.0 Å². The summed E-state index contributed by atoms with van der Waals surface area (Å²) in [5, 5.41) is 7.07. The summed E-state index contributed by atoms with van der Waals surface area (Å²) in [6.07, 6.45) is 1.98. The first-order valence-corrected chi connectivity index (χ1v) is 7.70. The fourth-order valence-corrected chi connectivity index (χ4v) is 2.68. The molecule has 0 bridgehead atoms. The summed E-state index contributed by atoms with van der Waals surface area (Å²) in [4.78, 5) is 12.9. The van der Waals surface area contributed by atoms with Crippen molar-refractivity contribution < 1.29 is 9.53 Å². The van der Waals surface area contributed by atoms with Crippen LogP contribution < -0.4 is 10.1 Å². The molecule has 0 aliphatic rings. The Morgan fingerprint density at radius 1 is 1.48 bits per heavy atom. The van der Waals surface area contributed by atoms with Gasteiger partial charge >= 0.3 is 0 Å². The van der Waals surface area contributed by atoms with Crippen molar-refractivity contribution >= 4 is 17.4 Å². The number of benzene rings is 1. The first-order chi connectivity index (χ1) is 10.2. The lowest BCUT2D eigenvalue weighted by Crippen LogP contribution is -2.32. The number of carbonyl (C=O) groups is 1. The number of ether oxygens (including phenoxy) is 1. The Morgan fingerprint density at radius 2 is 2.29 bits per heavy atom. The second-order valence-electron chi connectivity index (χ2n) is 4.85. The number of aromatic nitrogens is 2. The minimum atomic E-state index is -0.122. The summed E-state index contributed by atoms with van der Waals surface area (Å²) in [7, 11) is 1.61. The van der Waals surface area contributed by atoms with Gasteiger partial charge in [0.1, 0.15) is 16.3 Å². The predicted octanol–water partition coefficient (Wildman–Crippen LogP) is 3.13. The molecule has 0 aliphatic heterocycles. The van der Waals surface area contributed by atoms with Gasteiger partial charge in [0.2, 0.25) is 0 Å². The highest BCUT2D eigenvalue weighted by Gasteiger charge is 2.19. The van der Waals surface area contributed by atoms with Gasteiger partial charge in [-0.05, 0) is 37.0 Å². The summed E-state index contributed by atoms with van der Waals surface area (Å²) in [5.41, 5.74) is 1.43. The maximum Gasteiger partial charge on any atom is 0.265 e. The zero-order chi connectivity index (χ0) is 15.2. The van der Waals surface area contributed by atoms with Crippen molar-refractivity contribution in [2.24, 2.45) is 0 Å². The van der Waals surface area contributed by atoms with E-state index in [4.69, 9.17) is 4.74 Å². The molecule has 0 saturated carbocycles. The van der Waals surface area contributed by atoms with Crippen LogP contribution in [-0.4, -0.2) is 28.6 Å². The van der Waals surface area contributed by atoms with Crippen molar-refractivity contribution in [1.82, 2.24) is 14.9 Å². The zero-order valence-corrected chi connectivity index (χ0v) is 13.2. The minimum Gasteiger partial charge on any atom is -0.497 e. The Balaban J connectivity index is 2.23. The van der Waals surface area contributed by atoms with Gasteiger partial charge in [0.15, 0.2) is 0 Å². The molecule has 0 radical (unpaired) electrons. The largest absolute Gasteiger partial charge is 0.497 e. The predicted molar refractivity (Wildman–Crippen MR) is 83.7 cm³/mol. The van der Waals surface area contributed by atoms with Crippen molar-refractivity contribution in [2.45, 2.75) is 32.7 Å². The summed E-state index contributed by atoms with van der Waals surface area (Å²) in [5.74, 6) is 0.606. The fraction of sp³-hybridized carbons (Fsp3) is 0.400. The molecule has 1 atom stereocenters. The molecule has 0 fully saturated rings. The number of amides is 1. The van der Waals surface area contributed by atoms with Crippen LogP contribution >= 0.6 is 11.5 Å². The van der Waals surface area contributed by atoms with Gasteiger partial charge in [-0.2, -0.15) is 0 Å². The van der Waals surface area contributed by atoms with Crippen molar-refractivity contribution in [1.29, 1.82) is 0 Å². The maximum atomic E-state index is 12.3. The number of methoxy groups -OCH3 is 1. The van der Waals surface area contributed by atoms with E-state index in [9.17, 15) is 4.79 Å². The molecule has 5 nitrogen and oxygen atoms in total. The number of hydrogen-bond donors (Lipinski definition) is 1. The van der Waals surface area contributed by atoms with E-state index in [2.05, 4.69) is 21.8 Å². The van der Waals surface area contributed by atoms with Gasteiger partial charge in [0, 0.05) is 11.6 Å². The molecule has 1 N–H and O–H groups in total. The molecule has 0 spiro atoms. The molecule has 1 aromatic carbocycles. The monoisotopic (exact) mass is 305 g/mol. The van der Waals surface area contributed by atoms with Crippen LogP contribution in [0.1, 0.15) is 36.4 Å². The molecule has 6 heteroatoms. The number of hydrogen-bond acceptors (Lipinski definition) is 5. The standard InChI is InChI=1S/C15H19N3O2S/c1-4-6-10(2)16-15(19)14-13(17-18-21-14)11-7-5-8-12(9-11)20-3/h5,7-10H,4,6H2,1-3H3,(H,16,19). The molecule has 1 heterocycles. The Morgan fingerprint density at radius 3 is 3.00 bits per heavy atom. The molecule has 21 heavy (non-hydrogen) atoms. The van der Waals surface area contributed by atoms with Crippen LogP contribution in [-0.2, 0) is 0 Å². The van der Waals surface area contributed by atoms with E-state index in [0.717, 1.165) is 35.7 Å². The molecule has 0 aliphatic carbocycles. The van der Waals surface area contributed by atoms with Crippen LogP contribution in [0.2, 0.25) is 0 Å². The summed E-state index contributed by atoms with van der Waals surface area (Å²) in [6, 6.07) is 7.61. The molecule has 1 amide bonds. The quantitative estimate of drug-likeness (QED) is 0.890. The summed E-state index contributed by atoms with van der Waals surface area (Å²) < 4.78 is 9.12. The first kappa shape index (κ1) is 15.4. The Kier molecular flexibility index (Phi) is 5.27. The highest BCUT2D eigenvalue weighted by atomic mass is 32.1. The van der Waals surface area contributed by atoms with E-state index in [-0.39, 0.29) is 11.9 Å². The molecular weight excluding hydrogens is 286 g/mol. The molecule has 0 saturated heterocycles. The summed E-state index contributed by atoms with van der Waals surface area (Å²) >= 11 is 1.11. The van der Waals surface area contributed by atoms with E-state index in [0.29, 0.717) is 10.6 Å². The smallest absolute Gasteiger partial charge is 0.265 e. The third-order valence-electron chi connectivity index (χ3n) is 3.14. The normalized spacial score (nSPS) is 12.0. The van der Waals surface area contributed by atoms with Gasteiger partial charge in [-0.3, -0.25) is 4.79 Å². The average Bonchev–Trinajstić information content (AvgIpc) is 2.97. The van der Waals surface area contributed by atoms with Gasteiger partial charge in [0.05, 0.1) is 7.11 Å². The third-order valence-corrected chi connectivity index (χ3v) is 3.86. The van der Waals surface area contributed by atoms with Crippen LogP contribution in [0.25, 0.3) is 11.3 Å². The van der Waals surface area contributed by atoms with Gasteiger partial charge in [-0.25, -0.2) is 0 Å². The van der Waals surface area contributed by atoms with Gasteiger partial charge in [0.25, 0.3) is 5.91 Å². The fourth-order valence-electron chi connectivity index (χ4n) is 2.09. The lowest BCUT2D eigenvalue weighted by molar-refractivity contribution is 0.0943. The molecule has 1 aromatic heterocycles. The Labute approximate surface area is 128 Å². The number of carbonyl (C=O) groups excluding carboxylic acids is 1. The summed E-state index contributed by atoms with van der Waals surface area (Å²) in [6.45, 7) is 4.10. The van der Waals surface area contributed by atoms with Crippen molar-refractivity contribution in [3.05, 3.63) is 29.1 Å². The maximum absolute atomic E-state index is 12.3. The van der Waals surface area contributed by atoms with Crippen LogP contribution in [0.3, 0.4) is 0 Å². The highest BCUT2D eigenvalue weighted by Crippen LogP contribution is 2.27. The second-order valence-corrected chi connectivity index (χ2v) is 5.60. The van der Waals surface area contributed by atoms with Crippen LogP contribution in [0.4, 0.5) is 0 Å². The van der Waals surface area contributed by atoms with Gasteiger partial charge < -0.3 is 10.1 Å². The van der Waals surface area contributed by atoms with E-state index in [1.807, 2.05) is 31.2 Å². The zero-order valence-electron chi connectivity index (χ0n) is 12.4. The van der Waals surface area contributed by atoms with Crippen molar-refractivity contribution in [3.8, 4) is 17.0 Å². The van der Waals surface area contributed by atoms with Crippen molar-refractivity contribution in [2.75, 3.05) is 7.11 Å². The number of nitrogens with zero attached hydrogens (tertiary/aromatic N) is 2. The second kappa shape index (κ2) is 7.17. The van der Waals surface area contributed by atoms with Crippen LogP contribution in [0, 0.1) is 0 Å². The Hall–Kier alpha value is -1.95. The highest BCUT2D eigenvalue weighted by molar-refractivity contribution is 7.08.